The predicted molar refractivity (Wildman–Crippen MR) is 80.2 cm³/mol. The van der Waals surface area contributed by atoms with Crippen molar-refractivity contribution in [2.45, 2.75) is 11.1 Å². The molecule has 0 radical (unpaired) electrons. The van der Waals surface area contributed by atoms with Crippen molar-refractivity contribution in [3.63, 3.8) is 0 Å². The molecule has 0 spiro atoms. The van der Waals surface area contributed by atoms with Crippen molar-refractivity contribution in [2.75, 3.05) is 12.0 Å². The lowest BCUT2D eigenvalue weighted by molar-refractivity contribution is -0.137. The molecule has 1 heterocycles. The third kappa shape index (κ3) is 2.90. The first kappa shape index (κ1) is 17.0. The lowest BCUT2D eigenvalue weighted by Crippen LogP contribution is -2.08. The summed E-state index contributed by atoms with van der Waals surface area (Å²) in [7, 11) is 0. The SMILES string of the molecule is CSc1c(C=O)nn(-c2c(Cl)cc(C(F)(F)F)cc2Cl)c1N. The van der Waals surface area contributed by atoms with Crippen LogP contribution in [0.3, 0.4) is 0 Å². The summed E-state index contributed by atoms with van der Waals surface area (Å²) < 4.78 is 39.2. The molecular formula is C12H8Cl2F3N3OS. The van der Waals surface area contributed by atoms with Gasteiger partial charge in [-0.1, -0.05) is 23.2 Å². The van der Waals surface area contributed by atoms with Crippen molar-refractivity contribution in [3.05, 3.63) is 33.4 Å². The van der Waals surface area contributed by atoms with Gasteiger partial charge in [-0.15, -0.1) is 11.8 Å². The van der Waals surface area contributed by atoms with E-state index in [1.807, 2.05) is 0 Å². The largest absolute Gasteiger partial charge is 0.416 e. The van der Waals surface area contributed by atoms with Gasteiger partial charge in [-0.3, -0.25) is 4.79 Å². The summed E-state index contributed by atoms with van der Waals surface area (Å²) in [5, 5.41) is 3.38. The van der Waals surface area contributed by atoms with Crippen LogP contribution in [0.4, 0.5) is 19.0 Å². The number of benzene rings is 1. The zero-order valence-corrected chi connectivity index (χ0v) is 13.2. The number of carbonyl (C=O) groups excluding carboxylic acids is 1. The van der Waals surface area contributed by atoms with Crippen LogP contribution in [0.15, 0.2) is 17.0 Å². The van der Waals surface area contributed by atoms with E-state index in [0.29, 0.717) is 11.2 Å². The highest BCUT2D eigenvalue weighted by Crippen LogP contribution is 2.39. The second-order valence-electron chi connectivity index (χ2n) is 4.12. The Morgan fingerprint density at radius 1 is 1.32 bits per heavy atom. The van der Waals surface area contributed by atoms with Crippen LogP contribution in [0.25, 0.3) is 5.69 Å². The van der Waals surface area contributed by atoms with Crippen LogP contribution >= 0.6 is 35.0 Å². The highest BCUT2D eigenvalue weighted by Gasteiger charge is 2.32. The number of halogens is 5. The van der Waals surface area contributed by atoms with E-state index in [0.717, 1.165) is 16.8 Å². The summed E-state index contributed by atoms with van der Waals surface area (Å²) >= 11 is 13.0. The molecule has 0 fully saturated rings. The molecule has 2 N–H and O–H groups in total. The molecule has 0 atom stereocenters. The zero-order chi connectivity index (χ0) is 16.7. The predicted octanol–water partition coefficient (Wildman–Crippen LogP) is 4.31. The number of anilines is 1. The lowest BCUT2D eigenvalue weighted by Gasteiger charge is -2.13. The van der Waals surface area contributed by atoms with Gasteiger partial charge in [-0.05, 0) is 18.4 Å². The fourth-order valence-electron chi connectivity index (χ4n) is 1.82. The number of nitrogens with zero attached hydrogens (tertiary/aromatic N) is 2. The molecule has 0 unspecified atom stereocenters. The molecule has 0 bridgehead atoms. The van der Waals surface area contributed by atoms with Crippen LogP contribution in [0.5, 0.6) is 0 Å². The average Bonchev–Trinajstić information content (AvgIpc) is 2.73. The van der Waals surface area contributed by atoms with Crippen molar-refractivity contribution in [1.29, 1.82) is 0 Å². The summed E-state index contributed by atoms with van der Waals surface area (Å²) in [6, 6.07) is 1.45. The maximum atomic E-state index is 12.7. The van der Waals surface area contributed by atoms with E-state index in [1.54, 1.807) is 6.26 Å². The monoisotopic (exact) mass is 369 g/mol. The van der Waals surface area contributed by atoms with E-state index in [2.05, 4.69) is 5.10 Å². The average molecular weight is 370 g/mol. The van der Waals surface area contributed by atoms with Gasteiger partial charge >= 0.3 is 6.18 Å². The quantitative estimate of drug-likeness (QED) is 0.646. The second-order valence-corrected chi connectivity index (χ2v) is 5.75. The first-order valence-electron chi connectivity index (χ1n) is 5.65. The Labute approximate surface area is 137 Å². The summed E-state index contributed by atoms with van der Waals surface area (Å²) in [6.07, 6.45) is -2.41. The first-order chi connectivity index (χ1) is 10.2. The molecule has 1 aromatic heterocycles. The third-order valence-electron chi connectivity index (χ3n) is 2.77. The van der Waals surface area contributed by atoms with E-state index in [4.69, 9.17) is 28.9 Å². The Kier molecular flexibility index (Phi) is 4.65. The van der Waals surface area contributed by atoms with Crippen LogP contribution < -0.4 is 5.73 Å². The van der Waals surface area contributed by atoms with E-state index in [9.17, 15) is 18.0 Å². The van der Waals surface area contributed by atoms with E-state index in [1.165, 1.54) is 11.8 Å². The number of carbonyl (C=O) groups is 1. The summed E-state index contributed by atoms with van der Waals surface area (Å²) in [5.41, 5.74) is 4.91. The lowest BCUT2D eigenvalue weighted by atomic mass is 10.2. The number of nitrogens with two attached hydrogens (primary N) is 1. The highest BCUT2D eigenvalue weighted by molar-refractivity contribution is 7.98. The molecule has 0 saturated heterocycles. The summed E-state index contributed by atoms with van der Waals surface area (Å²) in [5.74, 6) is 0.0677. The van der Waals surface area contributed by atoms with Gasteiger partial charge in [0.05, 0.1) is 20.5 Å². The normalized spacial score (nSPS) is 11.7. The van der Waals surface area contributed by atoms with Crippen LogP contribution in [-0.2, 0) is 6.18 Å². The number of rotatable bonds is 3. The van der Waals surface area contributed by atoms with Crippen molar-refractivity contribution >= 4 is 47.1 Å². The molecular weight excluding hydrogens is 362 g/mol. The van der Waals surface area contributed by atoms with Gasteiger partial charge in [0.15, 0.2) is 6.29 Å². The van der Waals surface area contributed by atoms with Gasteiger partial charge < -0.3 is 5.73 Å². The Bertz CT molecular complexity index is 723. The van der Waals surface area contributed by atoms with Crippen LogP contribution in [-0.4, -0.2) is 22.3 Å². The molecule has 2 rings (SSSR count). The Hall–Kier alpha value is -1.38. The molecule has 0 aliphatic carbocycles. The molecule has 0 amide bonds. The number of thioether (sulfide) groups is 1. The molecule has 10 heteroatoms. The Morgan fingerprint density at radius 3 is 2.23 bits per heavy atom. The van der Waals surface area contributed by atoms with Crippen molar-refractivity contribution in [1.82, 2.24) is 9.78 Å². The maximum Gasteiger partial charge on any atom is 0.416 e. The second kappa shape index (κ2) is 6.02. The highest BCUT2D eigenvalue weighted by atomic mass is 35.5. The fourth-order valence-corrected chi connectivity index (χ4v) is 3.06. The number of hydrogen-bond acceptors (Lipinski definition) is 4. The molecule has 2 aromatic rings. The maximum absolute atomic E-state index is 12.7. The molecule has 118 valence electrons. The Morgan fingerprint density at radius 2 is 1.86 bits per heavy atom. The summed E-state index contributed by atoms with van der Waals surface area (Å²) in [6.45, 7) is 0. The number of aromatic nitrogens is 2. The van der Waals surface area contributed by atoms with Crippen LogP contribution in [0.1, 0.15) is 16.1 Å². The van der Waals surface area contributed by atoms with Gasteiger partial charge in [0.2, 0.25) is 0 Å². The standard InChI is InChI=1S/C12H8Cl2F3N3OS/c1-22-10-8(4-21)19-20(11(10)18)9-6(13)2-5(3-7(9)14)12(15,16)17/h2-4H,18H2,1H3. The minimum Gasteiger partial charge on any atom is -0.383 e. The van der Waals surface area contributed by atoms with Gasteiger partial charge in [-0.25, -0.2) is 4.68 Å². The molecule has 0 saturated carbocycles. The van der Waals surface area contributed by atoms with Crippen molar-refractivity contribution in [3.8, 4) is 5.69 Å². The third-order valence-corrected chi connectivity index (χ3v) is 4.18. The Balaban J connectivity index is 2.69. The number of alkyl halides is 3. The molecule has 4 nitrogen and oxygen atoms in total. The molecule has 22 heavy (non-hydrogen) atoms. The first-order valence-corrected chi connectivity index (χ1v) is 7.63. The molecule has 0 aliphatic heterocycles. The van der Waals surface area contributed by atoms with Crippen LogP contribution in [0, 0.1) is 0 Å². The fraction of sp³-hybridized carbons (Fsp3) is 0.167. The zero-order valence-electron chi connectivity index (χ0n) is 10.9. The van der Waals surface area contributed by atoms with Gasteiger partial charge in [0.25, 0.3) is 0 Å². The molecule has 0 aliphatic rings. The van der Waals surface area contributed by atoms with Gasteiger partial charge in [0, 0.05) is 0 Å². The molecule has 1 aromatic carbocycles. The minimum atomic E-state index is -4.58. The van der Waals surface area contributed by atoms with E-state index < -0.39 is 11.7 Å². The summed E-state index contributed by atoms with van der Waals surface area (Å²) in [4.78, 5) is 11.4. The van der Waals surface area contributed by atoms with Crippen LogP contribution in [0.2, 0.25) is 10.0 Å². The minimum absolute atomic E-state index is 0.0165. The van der Waals surface area contributed by atoms with Gasteiger partial charge in [-0.2, -0.15) is 18.3 Å². The van der Waals surface area contributed by atoms with E-state index in [-0.39, 0.29) is 27.2 Å². The van der Waals surface area contributed by atoms with Gasteiger partial charge in [0.1, 0.15) is 17.2 Å². The van der Waals surface area contributed by atoms with E-state index >= 15 is 0 Å². The number of nitrogen functional groups attached to an aromatic ring is 1. The van der Waals surface area contributed by atoms with Crippen molar-refractivity contribution < 1.29 is 18.0 Å². The smallest absolute Gasteiger partial charge is 0.383 e. The number of hydrogen-bond donors (Lipinski definition) is 1. The number of aldehydes is 1. The topological polar surface area (TPSA) is 60.9 Å². The van der Waals surface area contributed by atoms with Crippen molar-refractivity contribution in [2.24, 2.45) is 0 Å².